The van der Waals surface area contributed by atoms with Crippen molar-refractivity contribution in [2.45, 2.75) is 82.1 Å². The molecule has 2 heterocycles. The number of amides is 3. The number of piperidine rings is 1. The van der Waals surface area contributed by atoms with E-state index in [-0.39, 0.29) is 24.1 Å². The number of hydrogen-bond acceptors (Lipinski definition) is 4. The van der Waals surface area contributed by atoms with E-state index in [0.29, 0.717) is 32.2 Å². The van der Waals surface area contributed by atoms with E-state index in [9.17, 15) is 9.59 Å². The number of carbonyl (C=O) groups is 2. The fourth-order valence-electron chi connectivity index (χ4n) is 5.49. The van der Waals surface area contributed by atoms with Gasteiger partial charge in [0, 0.05) is 13.1 Å². The van der Waals surface area contributed by atoms with Gasteiger partial charge in [-0.25, -0.2) is 4.79 Å². The molecule has 1 aromatic carbocycles. The SMILES string of the molecule is CCNC(=O)N1CCC[C@]2(COC(C)C(=O)N2)[C@H]1CO[C@H]1CC[C@@H](c2ccccc2)CC1. The van der Waals surface area contributed by atoms with Crippen LogP contribution in [0.5, 0.6) is 0 Å². The minimum atomic E-state index is -0.589. The predicted octanol–water partition coefficient (Wildman–Crippen LogP) is 3.20. The maximum Gasteiger partial charge on any atom is 0.317 e. The van der Waals surface area contributed by atoms with E-state index in [1.807, 2.05) is 11.8 Å². The predicted molar refractivity (Wildman–Crippen MR) is 122 cm³/mol. The summed E-state index contributed by atoms with van der Waals surface area (Å²) >= 11 is 0. The molecular formula is C25H37N3O4. The Morgan fingerprint density at radius 1 is 1.25 bits per heavy atom. The lowest BCUT2D eigenvalue weighted by Crippen LogP contribution is -2.73. The lowest BCUT2D eigenvalue weighted by atomic mass is 9.80. The van der Waals surface area contributed by atoms with E-state index in [2.05, 4.69) is 41.0 Å². The number of carbonyl (C=O) groups excluding carboxylic acids is 2. The first kappa shape index (κ1) is 23.1. The van der Waals surface area contributed by atoms with Crippen LogP contribution in [0.2, 0.25) is 0 Å². The maximum atomic E-state index is 12.8. The van der Waals surface area contributed by atoms with Crippen LogP contribution < -0.4 is 10.6 Å². The van der Waals surface area contributed by atoms with Crippen LogP contribution in [-0.2, 0) is 14.3 Å². The number of nitrogens with one attached hydrogen (secondary N) is 2. The number of ether oxygens (including phenoxy) is 2. The number of urea groups is 1. The molecule has 0 radical (unpaired) electrons. The standard InChI is InChI=1S/C25H37N3O4/c1-3-26-24(30)28-15-7-14-25(17-32-18(2)23(29)27-25)22(28)16-31-21-12-10-20(11-13-21)19-8-5-4-6-9-19/h4-6,8-9,18,20-22H,3,7,10-17H2,1-2H3,(H,26,30)(H,27,29)/t18?,20-,21+,22-,25+/m1/s1. The molecule has 3 fully saturated rings. The van der Waals surface area contributed by atoms with Gasteiger partial charge in [-0.2, -0.15) is 0 Å². The van der Waals surface area contributed by atoms with Crippen molar-refractivity contribution in [2.24, 2.45) is 0 Å². The lowest BCUT2D eigenvalue weighted by Gasteiger charge is -2.52. The van der Waals surface area contributed by atoms with E-state index in [1.165, 1.54) is 5.56 Å². The van der Waals surface area contributed by atoms with Crippen molar-refractivity contribution in [3.05, 3.63) is 35.9 Å². The third kappa shape index (κ3) is 4.94. The van der Waals surface area contributed by atoms with Crippen molar-refractivity contribution >= 4 is 11.9 Å². The largest absolute Gasteiger partial charge is 0.376 e. The second-order valence-electron chi connectivity index (χ2n) is 9.46. The summed E-state index contributed by atoms with van der Waals surface area (Å²) in [6, 6.07) is 10.4. The molecule has 176 valence electrons. The molecular weight excluding hydrogens is 406 g/mol. The van der Waals surface area contributed by atoms with Crippen molar-refractivity contribution < 1.29 is 19.1 Å². The molecule has 7 heteroatoms. The van der Waals surface area contributed by atoms with E-state index < -0.39 is 11.6 Å². The van der Waals surface area contributed by atoms with Crippen molar-refractivity contribution in [2.75, 3.05) is 26.3 Å². The van der Waals surface area contributed by atoms with Gasteiger partial charge in [-0.05, 0) is 63.9 Å². The fourth-order valence-corrected chi connectivity index (χ4v) is 5.49. The van der Waals surface area contributed by atoms with Gasteiger partial charge in [0.25, 0.3) is 0 Å². The van der Waals surface area contributed by atoms with Crippen LogP contribution in [-0.4, -0.2) is 66.9 Å². The monoisotopic (exact) mass is 443 g/mol. The average Bonchev–Trinajstić information content (AvgIpc) is 2.82. The van der Waals surface area contributed by atoms with Gasteiger partial charge in [0.05, 0.1) is 30.9 Å². The summed E-state index contributed by atoms with van der Waals surface area (Å²) in [5, 5.41) is 6.14. The van der Waals surface area contributed by atoms with Gasteiger partial charge >= 0.3 is 6.03 Å². The van der Waals surface area contributed by atoms with Crippen LogP contribution in [0.1, 0.15) is 63.9 Å². The Morgan fingerprint density at radius 2 is 2.00 bits per heavy atom. The van der Waals surface area contributed by atoms with Gasteiger partial charge in [-0.1, -0.05) is 30.3 Å². The fraction of sp³-hybridized carbons (Fsp3) is 0.680. The molecule has 1 spiro atoms. The lowest BCUT2D eigenvalue weighted by molar-refractivity contribution is -0.153. The molecule has 3 amide bonds. The number of morpholine rings is 1. The number of benzene rings is 1. The van der Waals surface area contributed by atoms with Gasteiger partial charge in [-0.15, -0.1) is 0 Å². The zero-order chi connectivity index (χ0) is 22.6. The third-order valence-corrected chi connectivity index (χ3v) is 7.39. The Bertz CT molecular complexity index is 781. The van der Waals surface area contributed by atoms with Crippen molar-refractivity contribution in [1.29, 1.82) is 0 Å². The highest BCUT2D eigenvalue weighted by atomic mass is 16.5. The van der Waals surface area contributed by atoms with E-state index >= 15 is 0 Å². The summed E-state index contributed by atoms with van der Waals surface area (Å²) in [5.41, 5.74) is 0.824. The highest BCUT2D eigenvalue weighted by Crippen LogP contribution is 2.36. The Hall–Kier alpha value is -2.12. The van der Waals surface area contributed by atoms with Gasteiger partial charge in [0.1, 0.15) is 6.10 Å². The summed E-state index contributed by atoms with van der Waals surface area (Å²) in [7, 11) is 0. The number of rotatable bonds is 5. The van der Waals surface area contributed by atoms with Gasteiger partial charge in [0.2, 0.25) is 5.91 Å². The van der Waals surface area contributed by atoms with E-state index in [1.54, 1.807) is 6.92 Å². The van der Waals surface area contributed by atoms with Crippen molar-refractivity contribution in [3.8, 4) is 0 Å². The van der Waals surface area contributed by atoms with Crippen LogP contribution >= 0.6 is 0 Å². The Balaban J connectivity index is 1.42. The zero-order valence-electron chi connectivity index (χ0n) is 19.3. The molecule has 7 nitrogen and oxygen atoms in total. The molecule has 32 heavy (non-hydrogen) atoms. The molecule has 4 rings (SSSR count). The van der Waals surface area contributed by atoms with Crippen LogP contribution in [0, 0.1) is 0 Å². The first-order chi connectivity index (χ1) is 15.5. The first-order valence-corrected chi connectivity index (χ1v) is 12.2. The smallest absolute Gasteiger partial charge is 0.317 e. The molecule has 1 aromatic rings. The molecule has 0 aromatic heterocycles. The second-order valence-corrected chi connectivity index (χ2v) is 9.46. The topological polar surface area (TPSA) is 79.9 Å². The molecule has 3 aliphatic rings. The molecule has 1 unspecified atom stereocenters. The molecule has 1 saturated carbocycles. The van der Waals surface area contributed by atoms with Crippen LogP contribution in [0.25, 0.3) is 0 Å². The molecule has 3 atom stereocenters. The Morgan fingerprint density at radius 3 is 2.69 bits per heavy atom. The molecule has 2 aliphatic heterocycles. The van der Waals surface area contributed by atoms with Crippen LogP contribution in [0.3, 0.4) is 0 Å². The third-order valence-electron chi connectivity index (χ3n) is 7.39. The van der Waals surface area contributed by atoms with Crippen LogP contribution in [0.15, 0.2) is 30.3 Å². The number of nitrogens with zero attached hydrogens (tertiary/aromatic N) is 1. The minimum absolute atomic E-state index is 0.0965. The summed E-state index contributed by atoms with van der Waals surface area (Å²) < 4.78 is 12.3. The summed E-state index contributed by atoms with van der Waals surface area (Å²) in [6.45, 7) is 5.73. The molecule has 2 saturated heterocycles. The van der Waals surface area contributed by atoms with Gasteiger partial charge < -0.3 is 25.0 Å². The van der Waals surface area contributed by atoms with Crippen molar-refractivity contribution in [3.63, 3.8) is 0 Å². The minimum Gasteiger partial charge on any atom is -0.376 e. The molecule has 0 bridgehead atoms. The van der Waals surface area contributed by atoms with Crippen molar-refractivity contribution in [1.82, 2.24) is 15.5 Å². The average molecular weight is 444 g/mol. The zero-order valence-corrected chi connectivity index (χ0v) is 19.3. The molecule has 2 N–H and O–H groups in total. The van der Waals surface area contributed by atoms with Gasteiger partial charge in [0.15, 0.2) is 0 Å². The first-order valence-electron chi connectivity index (χ1n) is 12.2. The second kappa shape index (κ2) is 10.2. The summed E-state index contributed by atoms with van der Waals surface area (Å²) in [4.78, 5) is 27.2. The van der Waals surface area contributed by atoms with E-state index in [0.717, 1.165) is 38.5 Å². The quantitative estimate of drug-likeness (QED) is 0.733. The number of likely N-dealkylation sites (tertiary alicyclic amines) is 1. The Kier molecular flexibility index (Phi) is 7.36. The highest BCUT2D eigenvalue weighted by Gasteiger charge is 2.50. The van der Waals surface area contributed by atoms with E-state index in [4.69, 9.17) is 9.47 Å². The molecule has 1 aliphatic carbocycles. The normalized spacial score (nSPS) is 33.1. The summed E-state index contributed by atoms with van der Waals surface area (Å²) in [5.74, 6) is 0.485. The Labute approximate surface area is 191 Å². The maximum absolute atomic E-state index is 12.8. The summed E-state index contributed by atoms with van der Waals surface area (Å²) in [6.07, 6.45) is 5.59. The number of hydrogen-bond donors (Lipinski definition) is 2. The van der Waals surface area contributed by atoms with Gasteiger partial charge in [-0.3, -0.25) is 4.79 Å². The highest BCUT2D eigenvalue weighted by molar-refractivity contribution is 5.82. The van der Waals surface area contributed by atoms with Crippen LogP contribution in [0.4, 0.5) is 4.79 Å².